The van der Waals surface area contributed by atoms with Crippen molar-refractivity contribution in [3.8, 4) is 11.5 Å². The molecule has 1 amide bonds. The second-order valence-corrected chi connectivity index (χ2v) is 6.44. The molecule has 1 atom stereocenters. The number of carbonyl (C=O) groups is 1. The Morgan fingerprint density at radius 3 is 2.92 bits per heavy atom. The number of methoxy groups -OCH3 is 1. The molecule has 1 aliphatic carbocycles. The van der Waals surface area contributed by atoms with Gasteiger partial charge in [0.05, 0.1) is 12.1 Å². The van der Waals surface area contributed by atoms with Gasteiger partial charge in [0.25, 0.3) is 5.91 Å². The number of hydrogen-bond donors (Lipinski definition) is 2. The zero-order valence-electron chi connectivity index (χ0n) is 14.0. The summed E-state index contributed by atoms with van der Waals surface area (Å²) in [6.45, 7) is 0.414. The molecule has 1 aliphatic rings. The number of aryl methyl sites for hydroxylation is 1. The van der Waals surface area contributed by atoms with Crippen molar-refractivity contribution >= 4 is 17.5 Å². The highest BCUT2D eigenvalue weighted by atomic mass is 35.5. The van der Waals surface area contributed by atoms with Crippen molar-refractivity contribution in [3.63, 3.8) is 0 Å². The lowest BCUT2D eigenvalue weighted by Crippen LogP contribution is -2.20. The Morgan fingerprint density at radius 2 is 2.16 bits per heavy atom. The standard InChI is InChI=1S/C19H21ClN2O3/c1-24-17-9-12(8-15(20)19(17)25-11-18(21)23)10-22-16-7-6-13-4-2-3-5-14(13)16/h2-5,8-9,16,22H,6-7,10-11H2,1H3,(H2,21,23). The van der Waals surface area contributed by atoms with Crippen molar-refractivity contribution in [2.45, 2.75) is 25.4 Å². The lowest BCUT2D eigenvalue weighted by molar-refractivity contribution is -0.119. The lowest BCUT2D eigenvalue weighted by Gasteiger charge is -2.16. The summed E-state index contributed by atoms with van der Waals surface area (Å²) in [5.41, 5.74) is 8.87. The highest BCUT2D eigenvalue weighted by Crippen LogP contribution is 2.37. The molecule has 132 valence electrons. The Morgan fingerprint density at radius 1 is 1.36 bits per heavy atom. The Labute approximate surface area is 152 Å². The first kappa shape index (κ1) is 17.6. The topological polar surface area (TPSA) is 73.6 Å². The third-order valence-corrected chi connectivity index (χ3v) is 4.61. The summed E-state index contributed by atoms with van der Waals surface area (Å²) >= 11 is 6.29. The van der Waals surface area contributed by atoms with Gasteiger partial charge in [0, 0.05) is 12.6 Å². The minimum Gasteiger partial charge on any atom is -0.493 e. The van der Waals surface area contributed by atoms with E-state index in [0.717, 1.165) is 18.4 Å². The van der Waals surface area contributed by atoms with Gasteiger partial charge < -0.3 is 20.5 Å². The first-order valence-electron chi connectivity index (χ1n) is 8.17. The highest BCUT2D eigenvalue weighted by Gasteiger charge is 2.21. The number of halogens is 1. The molecule has 0 spiro atoms. The normalized spacial score (nSPS) is 15.7. The number of primary amides is 1. The van der Waals surface area contributed by atoms with E-state index in [2.05, 4.69) is 29.6 Å². The van der Waals surface area contributed by atoms with Gasteiger partial charge in [-0.2, -0.15) is 0 Å². The van der Waals surface area contributed by atoms with Crippen LogP contribution in [0.25, 0.3) is 0 Å². The second kappa shape index (κ2) is 7.76. The van der Waals surface area contributed by atoms with E-state index < -0.39 is 5.91 Å². The van der Waals surface area contributed by atoms with E-state index in [1.807, 2.05) is 12.1 Å². The monoisotopic (exact) mass is 360 g/mol. The summed E-state index contributed by atoms with van der Waals surface area (Å²) in [4.78, 5) is 10.9. The molecule has 0 radical (unpaired) electrons. The molecule has 0 aliphatic heterocycles. The molecule has 25 heavy (non-hydrogen) atoms. The van der Waals surface area contributed by atoms with Gasteiger partial charge in [-0.25, -0.2) is 0 Å². The van der Waals surface area contributed by atoms with E-state index in [0.29, 0.717) is 29.1 Å². The molecular weight excluding hydrogens is 340 g/mol. The SMILES string of the molecule is COc1cc(CNC2CCc3ccccc32)cc(Cl)c1OCC(N)=O. The molecule has 0 saturated carbocycles. The Balaban J connectivity index is 1.71. The second-order valence-electron chi connectivity index (χ2n) is 6.03. The van der Waals surface area contributed by atoms with E-state index in [9.17, 15) is 4.79 Å². The van der Waals surface area contributed by atoms with Gasteiger partial charge in [-0.1, -0.05) is 35.9 Å². The fraction of sp³-hybridized carbons (Fsp3) is 0.316. The number of fused-ring (bicyclic) bond motifs is 1. The molecule has 0 fully saturated rings. The number of nitrogens with two attached hydrogens (primary N) is 1. The molecule has 0 saturated heterocycles. The Hall–Kier alpha value is -2.24. The predicted molar refractivity (Wildman–Crippen MR) is 97.0 cm³/mol. The minimum absolute atomic E-state index is 0.244. The number of benzene rings is 2. The first-order valence-corrected chi connectivity index (χ1v) is 8.55. The van der Waals surface area contributed by atoms with Crippen LogP contribution in [0.3, 0.4) is 0 Å². The van der Waals surface area contributed by atoms with Crippen LogP contribution >= 0.6 is 11.6 Å². The van der Waals surface area contributed by atoms with Crippen LogP contribution < -0.4 is 20.5 Å². The minimum atomic E-state index is -0.566. The van der Waals surface area contributed by atoms with Crippen molar-refractivity contribution in [2.24, 2.45) is 5.73 Å². The van der Waals surface area contributed by atoms with Crippen LogP contribution in [0.1, 0.15) is 29.2 Å². The number of ether oxygens (including phenoxy) is 2. The Bertz CT molecular complexity index is 779. The maximum atomic E-state index is 10.9. The van der Waals surface area contributed by atoms with Gasteiger partial charge in [-0.05, 0) is 41.7 Å². The van der Waals surface area contributed by atoms with E-state index in [1.54, 1.807) is 0 Å². The van der Waals surface area contributed by atoms with Crippen LogP contribution in [0.15, 0.2) is 36.4 Å². The average Bonchev–Trinajstić information content (AvgIpc) is 3.01. The van der Waals surface area contributed by atoms with Crippen molar-refractivity contribution in [1.82, 2.24) is 5.32 Å². The molecule has 3 rings (SSSR count). The summed E-state index contributed by atoms with van der Waals surface area (Å²) in [6.07, 6.45) is 2.18. The van der Waals surface area contributed by atoms with Crippen molar-refractivity contribution < 1.29 is 14.3 Å². The van der Waals surface area contributed by atoms with Gasteiger partial charge >= 0.3 is 0 Å². The molecule has 3 N–H and O–H groups in total. The van der Waals surface area contributed by atoms with Crippen molar-refractivity contribution in [3.05, 3.63) is 58.1 Å². The van der Waals surface area contributed by atoms with Gasteiger partial charge in [0.1, 0.15) is 0 Å². The van der Waals surface area contributed by atoms with Crippen LogP contribution in [0.4, 0.5) is 0 Å². The zero-order valence-corrected chi connectivity index (χ0v) is 14.8. The number of hydrogen-bond acceptors (Lipinski definition) is 4. The smallest absolute Gasteiger partial charge is 0.255 e. The van der Waals surface area contributed by atoms with Crippen molar-refractivity contribution in [1.29, 1.82) is 0 Å². The third-order valence-electron chi connectivity index (χ3n) is 4.33. The zero-order chi connectivity index (χ0) is 17.8. The van der Waals surface area contributed by atoms with Gasteiger partial charge in [0.15, 0.2) is 18.1 Å². The van der Waals surface area contributed by atoms with Gasteiger partial charge in [-0.15, -0.1) is 0 Å². The van der Waals surface area contributed by atoms with E-state index in [4.69, 9.17) is 26.8 Å². The van der Waals surface area contributed by atoms with Crippen LogP contribution in [0.2, 0.25) is 5.02 Å². The van der Waals surface area contributed by atoms with Crippen LogP contribution in [0.5, 0.6) is 11.5 Å². The number of amides is 1. The van der Waals surface area contributed by atoms with Crippen LogP contribution in [-0.4, -0.2) is 19.6 Å². The first-order chi connectivity index (χ1) is 12.1. The summed E-state index contributed by atoms with van der Waals surface area (Å²) in [5, 5.41) is 3.97. The average molecular weight is 361 g/mol. The highest BCUT2D eigenvalue weighted by molar-refractivity contribution is 6.32. The lowest BCUT2D eigenvalue weighted by atomic mass is 10.1. The molecule has 0 bridgehead atoms. The number of rotatable bonds is 7. The number of carbonyl (C=O) groups excluding carboxylic acids is 1. The van der Waals surface area contributed by atoms with E-state index in [1.165, 1.54) is 18.2 Å². The molecule has 2 aromatic rings. The summed E-state index contributed by atoms with van der Waals surface area (Å²) in [7, 11) is 1.53. The van der Waals surface area contributed by atoms with Crippen LogP contribution in [0, 0.1) is 0 Å². The molecule has 2 aromatic carbocycles. The van der Waals surface area contributed by atoms with Gasteiger partial charge in [0.2, 0.25) is 0 Å². The maximum Gasteiger partial charge on any atom is 0.255 e. The fourth-order valence-corrected chi connectivity index (χ4v) is 3.46. The molecule has 5 nitrogen and oxygen atoms in total. The van der Waals surface area contributed by atoms with E-state index in [-0.39, 0.29) is 6.61 Å². The van der Waals surface area contributed by atoms with E-state index >= 15 is 0 Å². The predicted octanol–water partition coefficient (Wildman–Crippen LogP) is 2.99. The third kappa shape index (κ3) is 4.06. The number of nitrogens with one attached hydrogen (secondary N) is 1. The largest absolute Gasteiger partial charge is 0.493 e. The van der Waals surface area contributed by atoms with Crippen molar-refractivity contribution in [2.75, 3.05) is 13.7 Å². The molecule has 6 heteroatoms. The summed E-state index contributed by atoms with van der Waals surface area (Å²) in [6, 6.07) is 12.5. The molecule has 0 aromatic heterocycles. The van der Waals surface area contributed by atoms with Gasteiger partial charge in [-0.3, -0.25) is 4.79 Å². The Kier molecular flexibility index (Phi) is 5.46. The fourth-order valence-electron chi connectivity index (χ4n) is 3.17. The quantitative estimate of drug-likeness (QED) is 0.796. The molecular formula is C19H21ClN2O3. The molecule has 1 unspecified atom stereocenters. The summed E-state index contributed by atoms with van der Waals surface area (Å²) < 4.78 is 10.7. The molecule has 0 heterocycles. The maximum absolute atomic E-state index is 10.9. The van der Waals surface area contributed by atoms with Crippen LogP contribution in [-0.2, 0) is 17.8 Å². The summed E-state index contributed by atoms with van der Waals surface area (Å²) in [5.74, 6) is 0.249.